The maximum atomic E-state index is 13.6. The molecule has 2 aromatic carbocycles. The molecule has 1 nitrogen and oxygen atoms in total. The van der Waals surface area contributed by atoms with Crippen molar-refractivity contribution in [1.29, 1.82) is 0 Å². The van der Waals surface area contributed by atoms with Crippen LogP contribution in [0.25, 0.3) is 0 Å². The van der Waals surface area contributed by atoms with Crippen molar-refractivity contribution in [2.45, 2.75) is 35.2 Å². The van der Waals surface area contributed by atoms with Gasteiger partial charge in [0.2, 0.25) is 0 Å². The Balaban J connectivity index is 1.78. The Morgan fingerprint density at radius 2 is 1.81 bits per heavy atom. The highest BCUT2D eigenvalue weighted by Crippen LogP contribution is 2.31. The number of hydrogen-bond acceptors (Lipinski definition) is 2. The van der Waals surface area contributed by atoms with Crippen molar-refractivity contribution in [2.75, 3.05) is 0 Å². The van der Waals surface area contributed by atoms with Gasteiger partial charge in [0, 0.05) is 17.5 Å². The summed E-state index contributed by atoms with van der Waals surface area (Å²) >= 11 is 1.02. The van der Waals surface area contributed by atoms with Crippen LogP contribution in [0.4, 0.5) is 13.2 Å². The van der Waals surface area contributed by atoms with Crippen molar-refractivity contribution in [3.05, 3.63) is 59.4 Å². The lowest BCUT2D eigenvalue weighted by Crippen LogP contribution is -2.15. The highest BCUT2D eigenvalue weighted by molar-refractivity contribution is 7.99. The molecule has 0 heterocycles. The van der Waals surface area contributed by atoms with Crippen molar-refractivity contribution in [3.63, 3.8) is 0 Å². The number of halogens is 3. The lowest BCUT2D eigenvalue weighted by atomic mass is 10.2. The van der Waals surface area contributed by atoms with Crippen LogP contribution in [0.5, 0.6) is 0 Å². The van der Waals surface area contributed by atoms with Crippen LogP contribution in [0.15, 0.2) is 46.2 Å². The molecule has 0 aliphatic heterocycles. The average molecular weight is 309 g/mol. The molecule has 0 bridgehead atoms. The van der Waals surface area contributed by atoms with E-state index in [1.54, 1.807) is 6.07 Å². The van der Waals surface area contributed by atoms with E-state index < -0.39 is 11.6 Å². The first-order valence-corrected chi connectivity index (χ1v) is 7.57. The van der Waals surface area contributed by atoms with Crippen molar-refractivity contribution in [3.8, 4) is 0 Å². The lowest BCUT2D eigenvalue weighted by molar-refractivity contribution is 0.577. The van der Waals surface area contributed by atoms with E-state index in [2.05, 4.69) is 5.32 Å². The molecule has 0 radical (unpaired) electrons. The molecule has 1 fully saturated rings. The fourth-order valence-corrected chi connectivity index (χ4v) is 2.99. The van der Waals surface area contributed by atoms with E-state index in [0.29, 0.717) is 17.5 Å². The topological polar surface area (TPSA) is 12.0 Å². The van der Waals surface area contributed by atoms with E-state index in [-0.39, 0.29) is 10.7 Å². The monoisotopic (exact) mass is 309 g/mol. The average Bonchev–Trinajstić information content (AvgIpc) is 3.24. The van der Waals surface area contributed by atoms with Gasteiger partial charge in [-0.2, -0.15) is 0 Å². The quantitative estimate of drug-likeness (QED) is 0.872. The van der Waals surface area contributed by atoms with E-state index >= 15 is 0 Å². The fourth-order valence-electron chi connectivity index (χ4n) is 2.01. The summed E-state index contributed by atoms with van der Waals surface area (Å²) in [5.74, 6) is -1.39. The molecule has 1 aliphatic rings. The first kappa shape index (κ1) is 14.5. The van der Waals surface area contributed by atoms with Crippen molar-refractivity contribution in [2.24, 2.45) is 0 Å². The molecule has 21 heavy (non-hydrogen) atoms. The summed E-state index contributed by atoms with van der Waals surface area (Å²) in [5, 5.41) is 3.30. The molecule has 0 saturated heterocycles. The van der Waals surface area contributed by atoms with E-state index in [1.165, 1.54) is 12.1 Å². The van der Waals surface area contributed by atoms with Crippen LogP contribution in [0.2, 0.25) is 0 Å². The zero-order valence-corrected chi connectivity index (χ0v) is 12.0. The minimum absolute atomic E-state index is 0.154. The summed E-state index contributed by atoms with van der Waals surface area (Å²) in [6.07, 6.45) is 2.32. The van der Waals surface area contributed by atoms with Gasteiger partial charge in [-0.1, -0.05) is 11.8 Å². The Morgan fingerprint density at radius 3 is 2.57 bits per heavy atom. The molecule has 0 spiro atoms. The summed E-state index contributed by atoms with van der Waals surface area (Å²) in [7, 11) is 0. The van der Waals surface area contributed by atoms with Gasteiger partial charge in [-0.3, -0.25) is 0 Å². The highest BCUT2D eigenvalue weighted by Gasteiger charge is 2.20. The van der Waals surface area contributed by atoms with Gasteiger partial charge in [0.15, 0.2) is 0 Å². The molecule has 0 aromatic heterocycles. The predicted octanol–water partition coefficient (Wildman–Crippen LogP) is 4.51. The van der Waals surface area contributed by atoms with Crippen molar-refractivity contribution < 1.29 is 13.2 Å². The van der Waals surface area contributed by atoms with Gasteiger partial charge in [-0.05, 0) is 54.8 Å². The first-order chi connectivity index (χ1) is 10.1. The van der Waals surface area contributed by atoms with Crippen LogP contribution >= 0.6 is 11.8 Å². The molecule has 1 aliphatic carbocycles. The van der Waals surface area contributed by atoms with Crippen LogP contribution in [0, 0.1) is 17.5 Å². The van der Waals surface area contributed by atoms with Gasteiger partial charge >= 0.3 is 0 Å². The standard InChI is InChI=1S/C16H14F3NS/c17-11-1-4-15(19)16(8-11)21-14-6-10(5-12(18)7-14)9-20-13-2-3-13/h1,4-8,13,20H,2-3,9H2. The van der Waals surface area contributed by atoms with E-state index in [4.69, 9.17) is 0 Å². The summed E-state index contributed by atoms with van der Waals surface area (Å²) in [6.45, 7) is 0.585. The second kappa shape index (κ2) is 6.12. The summed E-state index contributed by atoms with van der Waals surface area (Å²) in [5.41, 5.74) is 0.807. The van der Waals surface area contributed by atoms with Crippen LogP contribution in [-0.4, -0.2) is 6.04 Å². The van der Waals surface area contributed by atoms with Crippen LogP contribution in [0.1, 0.15) is 18.4 Å². The number of benzene rings is 2. The van der Waals surface area contributed by atoms with Gasteiger partial charge in [0.1, 0.15) is 17.5 Å². The van der Waals surface area contributed by atoms with Gasteiger partial charge in [0.25, 0.3) is 0 Å². The molecule has 110 valence electrons. The van der Waals surface area contributed by atoms with Crippen LogP contribution < -0.4 is 5.32 Å². The van der Waals surface area contributed by atoms with Crippen molar-refractivity contribution in [1.82, 2.24) is 5.32 Å². The third-order valence-corrected chi connectivity index (χ3v) is 4.23. The third kappa shape index (κ3) is 4.02. The normalized spacial score (nSPS) is 14.4. The maximum absolute atomic E-state index is 13.6. The molecule has 5 heteroatoms. The largest absolute Gasteiger partial charge is 0.310 e. The van der Waals surface area contributed by atoms with E-state index in [1.807, 2.05) is 0 Å². The summed E-state index contributed by atoms with van der Waals surface area (Å²) in [4.78, 5) is 0.716. The minimum Gasteiger partial charge on any atom is -0.310 e. The molecule has 2 aromatic rings. The molecule has 1 saturated carbocycles. The number of rotatable bonds is 5. The molecular formula is C16H14F3NS. The number of nitrogens with one attached hydrogen (secondary N) is 1. The van der Waals surface area contributed by atoms with E-state index in [0.717, 1.165) is 48.4 Å². The predicted molar refractivity (Wildman–Crippen MR) is 76.7 cm³/mol. The first-order valence-electron chi connectivity index (χ1n) is 6.76. The molecule has 0 amide bonds. The fraction of sp³-hybridized carbons (Fsp3) is 0.250. The number of hydrogen-bond donors (Lipinski definition) is 1. The second-order valence-electron chi connectivity index (χ2n) is 5.13. The van der Waals surface area contributed by atoms with Gasteiger partial charge in [-0.15, -0.1) is 0 Å². The Labute approximate surface area is 125 Å². The molecule has 0 unspecified atom stereocenters. The minimum atomic E-state index is -0.511. The van der Waals surface area contributed by atoms with Crippen LogP contribution in [-0.2, 0) is 6.54 Å². The Hall–Kier alpha value is -1.46. The SMILES string of the molecule is Fc1cc(CNC2CC2)cc(Sc2cc(F)ccc2F)c1. The molecular weight excluding hydrogens is 295 g/mol. The van der Waals surface area contributed by atoms with E-state index in [9.17, 15) is 13.2 Å². The Kier molecular flexibility index (Phi) is 4.22. The van der Waals surface area contributed by atoms with Gasteiger partial charge < -0.3 is 5.32 Å². The summed E-state index contributed by atoms with van der Waals surface area (Å²) < 4.78 is 40.4. The lowest BCUT2D eigenvalue weighted by Gasteiger charge is -2.08. The molecule has 3 rings (SSSR count). The molecule has 0 atom stereocenters. The second-order valence-corrected chi connectivity index (χ2v) is 6.24. The maximum Gasteiger partial charge on any atom is 0.137 e. The smallest absolute Gasteiger partial charge is 0.137 e. The Morgan fingerprint density at radius 1 is 1.00 bits per heavy atom. The van der Waals surface area contributed by atoms with Gasteiger partial charge in [0.05, 0.1) is 4.90 Å². The highest BCUT2D eigenvalue weighted by atomic mass is 32.2. The zero-order chi connectivity index (χ0) is 14.8. The third-order valence-electron chi connectivity index (χ3n) is 3.22. The van der Waals surface area contributed by atoms with Crippen molar-refractivity contribution >= 4 is 11.8 Å². The Bertz CT molecular complexity index is 656. The van der Waals surface area contributed by atoms with Crippen LogP contribution in [0.3, 0.4) is 0 Å². The van der Waals surface area contributed by atoms with Gasteiger partial charge in [-0.25, -0.2) is 13.2 Å². The summed E-state index contributed by atoms with van der Waals surface area (Å²) in [6, 6.07) is 8.38. The zero-order valence-electron chi connectivity index (χ0n) is 11.2. The molecule has 1 N–H and O–H groups in total.